The van der Waals surface area contributed by atoms with Crippen LogP contribution >= 0.6 is 0 Å². The summed E-state index contributed by atoms with van der Waals surface area (Å²) in [6.07, 6.45) is 5.99. The molecule has 0 atom stereocenters. The van der Waals surface area contributed by atoms with Gasteiger partial charge in [-0.15, -0.1) is 0 Å². The lowest BCUT2D eigenvalue weighted by Gasteiger charge is -2.33. The zero-order valence-corrected chi connectivity index (χ0v) is 23.9. The fourth-order valence-corrected chi connectivity index (χ4v) is 5.42. The summed E-state index contributed by atoms with van der Waals surface area (Å²) < 4.78 is 27.1. The second-order valence-corrected chi connectivity index (χ2v) is 11.8. The number of aryl methyl sites for hydroxylation is 1. The number of piperidine rings is 1. The minimum atomic E-state index is -0.497. The van der Waals surface area contributed by atoms with E-state index < -0.39 is 11.5 Å². The lowest BCUT2D eigenvalue weighted by atomic mass is 9.96. The number of morpholine rings is 1. The van der Waals surface area contributed by atoms with E-state index in [-0.39, 0.29) is 6.09 Å². The van der Waals surface area contributed by atoms with Crippen molar-refractivity contribution in [3.05, 3.63) is 42.6 Å². The van der Waals surface area contributed by atoms with Crippen molar-refractivity contribution in [3.8, 4) is 11.1 Å². The maximum Gasteiger partial charge on any atom is 0.410 e. The number of pyridine rings is 1. The van der Waals surface area contributed by atoms with Crippen molar-refractivity contribution in [2.75, 3.05) is 57.8 Å². The first-order valence-electron chi connectivity index (χ1n) is 14.4. The van der Waals surface area contributed by atoms with Gasteiger partial charge in [0.2, 0.25) is 5.95 Å². The number of hydrogen-bond acceptors (Lipinski definition) is 7. The number of amides is 1. The average Bonchev–Trinajstić information content (AvgIpc) is 3.34. The van der Waals surface area contributed by atoms with Gasteiger partial charge in [0.25, 0.3) is 0 Å². The van der Waals surface area contributed by atoms with E-state index in [1.54, 1.807) is 4.90 Å². The van der Waals surface area contributed by atoms with Crippen LogP contribution in [0, 0.1) is 11.9 Å². The Kier molecular flexibility index (Phi) is 8.85. The van der Waals surface area contributed by atoms with Crippen molar-refractivity contribution in [2.24, 2.45) is 5.92 Å². The second-order valence-electron chi connectivity index (χ2n) is 11.8. The quantitative estimate of drug-likeness (QED) is 0.393. The Morgan fingerprint density at radius 2 is 1.88 bits per heavy atom. The SMILES string of the molecule is CC(C)(C)OC(=O)N1CCC(CNc2cc(-c3ccnc(F)c3)cc3c2cnn3CCCN2CCOCC2)CC1. The Labute approximate surface area is 235 Å². The van der Waals surface area contributed by atoms with E-state index >= 15 is 0 Å². The highest BCUT2D eigenvalue weighted by Gasteiger charge is 2.27. The zero-order valence-electron chi connectivity index (χ0n) is 23.9. The number of ether oxygens (including phenoxy) is 2. The first-order chi connectivity index (χ1) is 19.2. The van der Waals surface area contributed by atoms with E-state index in [1.165, 1.54) is 12.3 Å². The van der Waals surface area contributed by atoms with Crippen molar-refractivity contribution in [2.45, 2.75) is 52.2 Å². The van der Waals surface area contributed by atoms with Crippen molar-refractivity contribution in [1.82, 2.24) is 24.6 Å². The van der Waals surface area contributed by atoms with Gasteiger partial charge in [-0.05, 0) is 75.3 Å². The standard InChI is InChI=1S/C30H41FN6O3/c1-30(2,3)40-29(38)36-11-6-22(7-12-36)20-33-26-17-24(23-5-8-32-28(31)19-23)18-27-25(26)21-34-37(27)10-4-9-35-13-15-39-16-14-35/h5,8,17-19,21-22,33H,4,6-7,9-16,20H2,1-3H3. The summed E-state index contributed by atoms with van der Waals surface area (Å²) in [4.78, 5) is 20.4. The number of halogens is 1. The second kappa shape index (κ2) is 12.5. The number of anilines is 1. The smallest absolute Gasteiger partial charge is 0.410 e. The van der Waals surface area contributed by atoms with E-state index in [1.807, 2.05) is 33.0 Å². The Hall–Kier alpha value is -3.24. The molecule has 0 aliphatic carbocycles. The van der Waals surface area contributed by atoms with Crippen molar-refractivity contribution in [3.63, 3.8) is 0 Å². The normalized spacial score (nSPS) is 17.4. The number of rotatable bonds is 8. The third-order valence-corrected chi connectivity index (χ3v) is 7.62. The number of nitrogens with zero attached hydrogens (tertiary/aromatic N) is 5. The molecule has 5 rings (SSSR count). The monoisotopic (exact) mass is 552 g/mol. The van der Waals surface area contributed by atoms with Gasteiger partial charge in [-0.2, -0.15) is 9.49 Å². The third kappa shape index (κ3) is 7.28. The average molecular weight is 553 g/mol. The molecule has 0 unspecified atom stereocenters. The Balaban J connectivity index is 1.28. The summed E-state index contributed by atoms with van der Waals surface area (Å²) in [6.45, 7) is 13.2. The van der Waals surface area contributed by atoms with Gasteiger partial charge in [0.15, 0.2) is 0 Å². The molecule has 2 aliphatic heterocycles. The maximum absolute atomic E-state index is 14.0. The molecule has 2 aliphatic rings. The lowest BCUT2D eigenvalue weighted by molar-refractivity contribution is 0.0188. The molecule has 2 saturated heterocycles. The van der Waals surface area contributed by atoms with Gasteiger partial charge in [-0.3, -0.25) is 9.58 Å². The van der Waals surface area contributed by atoms with E-state index in [9.17, 15) is 9.18 Å². The van der Waals surface area contributed by atoms with Crippen LogP contribution in [0.2, 0.25) is 0 Å². The molecule has 216 valence electrons. The van der Waals surface area contributed by atoms with Crippen LogP contribution in [-0.2, 0) is 16.0 Å². The summed E-state index contributed by atoms with van der Waals surface area (Å²) in [5, 5.41) is 9.45. The summed E-state index contributed by atoms with van der Waals surface area (Å²) >= 11 is 0. The fraction of sp³-hybridized carbons (Fsp3) is 0.567. The minimum absolute atomic E-state index is 0.237. The van der Waals surface area contributed by atoms with Gasteiger partial charge in [-0.1, -0.05) is 0 Å². The molecule has 40 heavy (non-hydrogen) atoms. The van der Waals surface area contributed by atoms with Crippen molar-refractivity contribution >= 4 is 22.7 Å². The number of aromatic nitrogens is 3. The highest BCUT2D eigenvalue weighted by molar-refractivity contribution is 5.95. The van der Waals surface area contributed by atoms with Gasteiger partial charge in [0, 0.05) is 69.2 Å². The molecule has 0 radical (unpaired) electrons. The number of carbonyl (C=O) groups excluding carboxylic acids is 1. The Bertz CT molecular complexity index is 1290. The highest BCUT2D eigenvalue weighted by Crippen LogP contribution is 2.32. The molecule has 0 spiro atoms. The molecule has 0 bridgehead atoms. The first-order valence-corrected chi connectivity index (χ1v) is 14.4. The number of carbonyl (C=O) groups is 1. The zero-order chi connectivity index (χ0) is 28.1. The van der Waals surface area contributed by atoms with Crippen molar-refractivity contribution in [1.29, 1.82) is 0 Å². The third-order valence-electron chi connectivity index (χ3n) is 7.62. The van der Waals surface area contributed by atoms with Gasteiger partial charge < -0.3 is 19.7 Å². The van der Waals surface area contributed by atoms with Crippen LogP contribution in [0.25, 0.3) is 22.0 Å². The number of nitrogens with one attached hydrogen (secondary N) is 1. The Morgan fingerprint density at radius 1 is 1.10 bits per heavy atom. The van der Waals surface area contributed by atoms with Gasteiger partial charge in [0.05, 0.1) is 24.9 Å². The summed E-state index contributed by atoms with van der Waals surface area (Å²) in [6, 6.07) is 7.47. The lowest BCUT2D eigenvalue weighted by Crippen LogP contribution is -2.42. The molecule has 1 N–H and O–H groups in total. The minimum Gasteiger partial charge on any atom is -0.444 e. The molecule has 2 fully saturated rings. The Morgan fingerprint density at radius 3 is 2.60 bits per heavy atom. The predicted octanol–water partition coefficient (Wildman–Crippen LogP) is 5.02. The van der Waals surface area contributed by atoms with Crippen LogP contribution < -0.4 is 5.32 Å². The number of likely N-dealkylation sites (tertiary alicyclic amines) is 1. The van der Waals surface area contributed by atoms with E-state index in [0.29, 0.717) is 19.0 Å². The predicted molar refractivity (Wildman–Crippen MR) is 154 cm³/mol. The molecule has 1 aromatic carbocycles. The molecule has 1 amide bonds. The molecule has 9 nitrogen and oxygen atoms in total. The van der Waals surface area contributed by atoms with Crippen LogP contribution in [0.3, 0.4) is 0 Å². The van der Waals surface area contributed by atoms with Crippen LogP contribution in [-0.4, -0.2) is 88.7 Å². The summed E-state index contributed by atoms with van der Waals surface area (Å²) in [7, 11) is 0. The molecule has 4 heterocycles. The topological polar surface area (TPSA) is 84.8 Å². The molecular weight excluding hydrogens is 511 g/mol. The van der Waals surface area contributed by atoms with Crippen molar-refractivity contribution < 1.29 is 18.7 Å². The van der Waals surface area contributed by atoms with Gasteiger partial charge >= 0.3 is 6.09 Å². The molecule has 0 saturated carbocycles. The molecule has 2 aromatic heterocycles. The van der Waals surface area contributed by atoms with Gasteiger partial charge in [-0.25, -0.2) is 9.78 Å². The van der Waals surface area contributed by atoms with Crippen LogP contribution in [0.1, 0.15) is 40.0 Å². The molecule has 10 heteroatoms. The highest BCUT2D eigenvalue weighted by atomic mass is 19.1. The van der Waals surface area contributed by atoms with E-state index in [4.69, 9.17) is 14.6 Å². The van der Waals surface area contributed by atoms with E-state index in [0.717, 1.165) is 92.9 Å². The first kappa shape index (κ1) is 28.3. The number of hydrogen-bond donors (Lipinski definition) is 1. The number of benzene rings is 1. The molecular formula is C30H41FN6O3. The number of fused-ring (bicyclic) bond motifs is 1. The van der Waals surface area contributed by atoms with Gasteiger partial charge in [0.1, 0.15) is 5.60 Å². The fourth-order valence-electron chi connectivity index (χ4n) is 5.42. The summed E-state index contributed by atoms with van der Waals surface area (Å²) in [5.74, 6) is -0.0674. The summed E-state index contributed by atoms with van der Waals surface area (Å²) in [5.41, 5.74) is 3.23. The largest absolute Gasteiger partial charge is 0.444 e. The van der Waals surface area contributed by atoms with Crippen LogP contribution in [0.4, 0.5) is 14.9 Å². The maximum atomic E-state index is 14.0. The van der Waals surface area contributed by atoms with Crippen LogP contribution in [0.15, 0.2) is 36.7 Å². The van der Waals surface area contributed by atoms with E-state index in [2.05, 4.69) is 32.0 Å². The molecule has 3 aromatic rings. The van der Waals surface area contributed by atoms with Crippen LogP contribution in [0.5, 0.6) is 0 Å².